The van der Waals surface area contributed by atoms with Crippen LogP contribution in [0, 0.1) is 6.92 Å². The number of rotatable bonds is 9. The van der Waals surface area contributed by atoms with E-state index in [-0.39, 0.29) is 4.90 Å². The third kappa shape index (κ3) is 4.89. The fourth-order valence-electron chi connectivity index (χ4n) is 1.89. The molecule has 0 aliphatic carbocycles. The first-order chi connectivity index (χ1) is 9.96. The molecule has 6 heteroatoms. The van der Waals surface area contributed by atoms with Crippen molar-refractivity contribution in [1.82, 2.24) is 4.72 Å². The van der Waals surface area contributed by atoms with E-state index in [9.17, 15) is 8.42 Å². The number of sulfonamides is 1. The fourth-order valence-corrected chi connectivity index (χ4v) is 3.11. The minimum absolute atomic E-state index is 0.134. The van der Waals surface area contributed by atoms with Gasteiger partial charge in [-0.3, -0.25) is 0 Å². The van der Waals surface area contributed by atoms with Crippen LogP contribution < -0.4 is 14.2 Å². The molecule has 0 heterocycles. The van der Waals surface area contributed by atoms with Crippen LogP contribution in [-0.4, -0.2) is 28.2 Å². The predicted molar refractivity (Wildman–Crippen MR) is 83.6 cm³/mol. The fraction of sp³-hybridized carbons (Fsp3) is 0.600. The van der Waals surface area contributed by atoms with E-state index < -0.39 is 10.0 Å². The summed E-state index contributed by atoms with van der Waals surface area (Å²) in [7, 11) is -3.60. The maximum Gasteiger partial charge on any atom is 0.244 e. The van der Waals surface area contributed by atoms with Crippen LogP contribution in [0.1, 0.15) is 39.2 Å². The minimum atomic E-state index is -3.60. The molecule has 0 amide bonds. The van der Waals surface area contributed by atoms with Gasteiger partial charge in [0.15, 0.2) is 0 Å². The Hall–Kier alpha value is -1.27. The smallest absolute Gasteiger partial charge is 0.244 e. The SMILES string of the molecule is CCCCNS(=O)(=O)c1cc(OCC)c(C)cc1OCC. The zero-order valence-corrected chi connectivity index (χ0v) is 14.0. The van der Waals surface area contributed by atoms with Gasteiger partial charge < -0.3 is 9.47 Å². The molecule has 1 aromatic rings. The van der Waals surface area contributed by atoms with Crippen LogP contribution in [0.3, 0.4) is 0 Å². The Bertz CT molecular complexity index is 555. The molecule has 0 fully saturated rings. The first-order valence-electron chi connectivity index (χ1n) is 7.36. The van der Waals surface area contributed by atoms with Crippen molar-refractivity contribution >= 4 is 10.0 Å². The van der Waals surface area contributed by atoms with Crippen molar-refractivity contribution in [2.75, 3.05) is 19.8 Å². The molecule has 21 heavy (non-hydrogen) atoms. The van der Waals surface area contributed by atoms with Crippen LogP contribution in [0.15, 0.2) is 17.0 Å². The van der Waals surface area contributed by atoms with Crippen molar-refractivity contribution in [1.29, 1.82) is 0 Å². The maximum absolute atomic E-state index is 12.4. The van der Waals surface area contributed by atoms with Crippen LogP contribution in [0.4, 0.5) is 0 Å². The van der Waals surface area contributed by atoms with Crippen molar-refractivity contribution in [3.8, 4) is 11.5 Å². The first-order valence-corrected chi connectivity index (χ1v) is 8.84. The van der Waals surface area contributed by atoms with Gasteiger partial charge in [0.2, 0.25) is 10.0 Å². The molecule has 0 aliphatic heterocycles. The highest BCUT2D eigenvalue weighted by Gasteiger charge is 2.21. The predicted octanol–water partition coefficient (Wildman–Crippen LogP) is 2.87. The second-order valence-corrected chi connectivity index (χ2v) is 6.42. The number of ether oxygens (including phenoxy) is 2. The van der Waals surface area contributed by atoms with E-state index in [2.05, 4.69) is 4.72 Å². The molecule has 0 spiro atoms. The third-order valence-corrected chi connectivity index (χ3v) is 4.44. The van der Waals surface area contributed by atoms with E-state index in [4.69, 9.17) is 9.47 Å². The Morgan fingerprint density at radius 2 is 1.67 bits per heavy atom. The van der Waals surface area contributed by atoms with Crippen LogP contribution >= 0.6 is 0 Å². The molecule has 0 aromatic heterocycles. The number of nitrogens with one attached hydrogen (secondary N) is 1. The topological polar surface area (TPSA) is 64.6 Å². The van der Waals surface area contributed by atoms with E-state index >= 15 is 0 Å². The van der Waals surface area contributed by atoms with Crippen LogP contribution in [0.25, 0.3) is 0 Å². The lowest BCUT2D eigenvalue weighted by atomic mass is 10.2. The Kier molecular flexibility index (Phi) is 6.98. The lowest BCUT2D eigenvalue weighted by molar-refractivity contribution is 0.320. The van der Waals surface area contributed by atoms with Crippen molar-refractivity contribution in [2.24, 2.45) is 0 Å². The number of benzene rings is 1. The van der Waals surface area contributed by atoms with E-state index in [0.717, 1.165) is 18.4 Å². The Balaban J connectivity index is 3.20. The standard InChI is InChI=1S/C15H25NO4S/c1-5-8-9-16-21(17,18)15-11-13(19-6-2)12(4)10-14(15)20-7-3/h10-11,16H,5-9H2,1-4H3. The van der Waals surface area contributed by atoms with Crippen LogP contribution in [-0.2, 0) is 10.0 Å². The van der Waals surface area contributed by atoms with Gasteiger partial charge in [-0.05, 0) is 38.8 Å². The van der Waals surface area contributed by atoms with E-state index in [1.54, 1.807) is 6.07 Å². The molecule has 0 bridgehead atoms. The summed E-state index contributed by atoms with van der Waals surface area (Å²) >= 11 is 0. The van der Waals surface area contributed by atoms with Gasteiger partial charge in [0.1, 0.15) is 16.4 Å². The molecule has 1 aromatic carbocycles. The molecule has 0 radical (unpaired) electrons. The number of hydrogen-bond donors (Lipinski definition) is 1. The van der Waals surface area contributed by atoms with Crippen molar-refractivity contribution in [2.45, 2.75) is 45.4 Å². The summed E-state index contributed by atoms with van der Waals surface area (Å²) in [4.78, 5) is 0.134. The second-order valence-electron chi connectivity index (χ2n) is 4.68. The number of aryl methyl sites for hydroxylation is 1. The molecular formula is C15H25NO4S. The van der Waals surface area contributed by atoms with Gasteiger partial charge >= 0.3 is 0 Å². The highest BCUT2D eigenvalue weighted by Crippen LogP contribution is 2.32. The van der Waals surface area contributed by atoms with Gasteiger partial charge in [-0.25, -0.2) is 13.1 Å². The lowest BCUT2D eigenvalue weighted by Crippen LogP contribution is -2.25. The molecule has 1 N–H and O–H groups in total. The summed E-state index contributed by atoms with van der Waals surface area (Å²) < 4.78 is 38.4. The largest absolute Gasteiger partial charge is 0.494 e. The zero-order valence-electron chi connectivity index (χ0n) is 13.2. The highest BCUT2D eigenvalue weighted by molar-refractivity contribution is 7.89. The van der Waals surface area contributed by atoms with Crippen LogP contribution in [0.5, 0.6) is 11.5 Å². The third-order valence-electron chi connectivity index (χ3n) is 2.95. The summed E-state index contributed by atoms with van der Waals surface area (Å²) in [5, 5.41) is 0. The van der Waals surface area contributed by atoms with Gasteiger partial charge in [-0.2, -0.15) is 0 Å². The molecule has 1 rings (SSSR count). The highest BCUT2D eigenvalue weighted by atomic mass is 32.2. The average molecular weight is 315 g/mol. The first kappa shape index (κ1) is 17.8. The Labute approximate surface area is 127 Å². The van der Waals surface area contributed by atoms with E-state index in [0.29, 0.717) is 31.3 Å². The van der Waals surface area contributed by atoms with Crippen LogP contribution in [0.2, 0.25) is 0 Å². The van der Waals surface area contributed by atoms with Gasteiger partial charge in [0.25, 0.3) is 0 Å². The van der Waals surface area contributed by atoms with Crippen molar-refractivity contribution in [3.05, 3.63) is 17.7 Å². The zero-order chi connectivity index (χ0) is 15.9. The van der Waals surface area contributed by atoms with E-state index in [1.165, 1.54) is 6.07 Å². The number of hydrogen-bond acceptors (Lipinski definition) is 4. The normalized spacial score (nSPS) is 11.4. The molecule has 0 saturated carbocycles. The second kappa shape index (κ2) is 8.24. The van der Waals surface area contributed by atoms with Crippen molar-refractivity contribution < 1.29 is 17.9 Å². The molecule has 0 unspecified atom stereocenters. The molecule has 0 aliphatic rings. The maximum atomic E-state index is 12.4. The quantitative estimate of drug-likeness (QED) is 0.712. The van der Waals surface area contributed by atoms with Gasteiger partial charge in [0, 0.05) is 12.6 Å². The summed E-state index contributed by atoms with van der Waals surface area (Å²) in [5.74, 6) is 0.930. The van der Waals surface area contributed by atoms with Crippen molar-refractivity contribution in [3.63, 3.8) is 0 Å². The van der Waals surface area contributed by atoms with Gasteiger partial charge in [-0.15, -0.1) is 0 Å². The summed E-state index contributed by atoms with van der Waals surface area (Å²) in [6, 6.07) is 3.25. The molecule has 120 valence electrons. The summed E-state index contributed by atoms with van der Waals surface area (Å²) in [6.07, 6.45) is 1.73. The Morgan fingerprint density at radius 3 is 2.24 bits per heavy atom. The molecule has 5 nitrogen and oxygen atoms in total. The van der Waals surface area contributed by atoms with Gasteiger partial charge in [0.05, 0.1) is 13.2 Å². The summed E-state index contributed by atoms with van der Waals surface area (Å²) in [6.45, 7) is 8.88. The molecule has 0 saturated heterocycles. The lowest BCUT2D eigenvalue weighted by Gasteiger charge is -2.15. The molecule has 0 atom stereocenters. The van der Waals surface area contributed by atoms with Gasteiger partial charge in [-0.1, -0.05) is 13.3 Å². The van der Waals surface area contributed by atoms with E-state index in [1.807, 2.05) is 27.7 Å². The minimum Gasteiger partial charge on any atom is -0.494 e. The average Bonchev–Trinajstić information content (AvgIpc) is 2.42. The molecular weight excluding hydrogens is 290 g/mol. The summed E-state index contributed by atoms with van der Waals surface area (Å²) in [5.41, 5.74) is 0.854. The monoisotopic (exact) mass is 315 g/mol. The Morgan fingerprint density at radius 1 is 1.05 bits per heavy atom. The number of unbranched alkanes of at least 4 members (excludes halogenated alkanes) is 1.